The molecule has 4 nitrogen and oxygen atoms in total. The van der Waals surface area contributed by atoms with Crippen molar-refractivity contribution in [3.05, 3.63) is 60.4 Å². The maximum absolute atomic E-state index is 4.11. The summed E-state index contributed by atoms with van der Waals surface area (Å²) in [7, 11) is 0. The molecular formula is C14H14N4. The van der Waals surface area contributed by atoms with Gasteiger partial charge in [-0.3, -0.25) is 4.98 Å². The van der Waals surface area contributed by atoms with Crippen LogP contribution in [0, 0.1) is 0 Å². The molecule has 0 aliphatic heterocycles. The SMILES string of the molecule is c1cc2cc(CNCc3cnc[nH]3)ccc2cn1. The second-order valence-corrected chi connectivity index (χ2v) is 4.24. The molecule has 0 fully saturated rings. The molecule has 18 heavy (non-hydrogen) atoms. The van der Waals surface area contributed by atoms with Crippen LogP contribution in [0.3, 0.4) is 0 Å². The van der Waals surface area contributed by atoms with Crippen molar-refractivity contribution in [3.63, 3.8) is 0 Å². The third-order valence-corrected chi connectivity index (χ3v) is 2.90. The van der Waals surface area contributed by atoms with E-state index >= 15 is 0 Å². The molecule has 0 amide bonds. The zero-order valence-corrected chi connectivity index (χ0v) is 9.93. The monoisotopic (exact) mass is 238 g/mol. The molecule has 0 aliphatic rings. The molecule has 0 radical (unpaired) electrons. The van der Waals surface area contributed by atoms with Crippen LogP contribution in [0.15, 0.2) is 49.2 Å². The Labute approximate surface area is 105 Å². The minimum Gasteiger partial charge on any atom is -0.347 e. The molecule has 0 saturated heterocycles. The Bertz CT molecular complexity index is 631. The first-order chi connectivity index (χ1) is 8.92. The molecule has 90 valence electrons. The molecule has 0 unspecified atom stereocenters. The largest absolute Gasteiger partial charge is 0.347 e. The molecule has 3 aromatic rings. The lowest BCUT2D eigenvalue weighted by Crippen LogP contribution is -2.12. The van der Waals surface area contributed by atoms with Gasteiger partial charge in [-0.2, -0.15) is 0 Å². The van der Waals surface area contributed by atoms with E-state index in [0.717, 1.165) is 18.8 Å². The van der Waals surface area contributed by atoms with Crippen LogP contribution in [-0.4, -0.2) is 15.0 Å². The fourth-order valence-corrected chi connectivity index (χ4v) is 1.97. The number of imidazole rings is 1. The maximum atomic E-state index is 4.11. The zero-order chi connectivity index (χ0) is 12.2. The van der Waals surface area contributed by atoms with E-state index in [1.165, 1.54) is 16.3 Å². The number of hydrogen-bond acceptors (Lipinski definition) is 3. The van der Waals surface area contributed by atoms with Crippen molar-refractivity contribution in [2.45, 2.75) is 13.1 Å². The molecule has 0 aliphatic carbocycles. The molecule has 1 aromatic carbocycles. The van der Waals surface area contributed by atoms with Crippen molar-refractivity contribution in [1.82, 2.24) is 20.3 Å². The van der Waals surface area contributed by atoms with Gasteiger partial charge in [-0.05, 0) is 23.1 Å². The van der Waals surface area contributed by atoms with Crippen LogP contribution in [0.25, 0.3) is 10.8 Å². The number of aromatic amines is 1. The third-order valence-electron chi connectivity index (χ3n) is 2.90. The number of hydrogen-bond donors (Lipinski definition) is 2. The number of rotatable bonds is 4. The van der Waals surface area contributed by atoms with Gasteiger partial charge in [-0.1, -0.05) is 12.1 Å². The molecule has 0 saturated carbocycles. The Balaban J connectivity index is 1.67. The van der Waals surface area contributed by atoms with Crippen LogP contribution < -0.4 is 5.32 Å². The number of fused-ring (bicyclic) bond motifs is 1. The molecule has 2 heterocycles. The topological polar surface area (TPSA) is 53.6 Å². The Morgan fingerprint density at radius 2 is 2.00 bits per heavy atom. The van der Waals surface area contributed by atoms with Gasteiger partial charge in [-0.25, -0.2) is 4.98 Å². The first-order valence-electron chi connectivity index (χ1n) is 5.92. The van der Waals surface area contributed by atoms with Gasteiger partial charge in [0.15, 0.2) is 0 Å². The molecule has 2 N–H and O–H groups in total. The highest BCUT2D eigenvalue weighted by Gasteiger charge is 1.97. The molecule has 3 rings (SSSR count). The van der Waals surface area contributed by atoms with Gasteiger partial charge in [-0.15, -0.1) is 0 Å². The van der Waals surface area contributed by atoms with Crippen molar-refractivity contribution in [1.29, 1.82) is 0 Å². The summed E-state index contributed by atoms with van der Waals surface area (Å²) in [6, 6.07) is 8.46. The summed E-state index contributed by atoms with van der Waals surface area (Å²) >= 11 is 0. The summed E-state index contributed by atoms with van der Waals surface area (Å²) in [4.78, 5) is 11.2. The quantitative estimate of drug-likeness (QED) is 0.733. The van der Waals surface area contributed by atoms with Crippen LogP contribution in [0.5, 0.6) is 0 Å². The molecule has 0 bridgehead atoms. The zero-order valence-electron chi connectivity index (χ0n) is 9.93. The Hall–Kier alpha value is -2.20. The van der Waals surface area contributed by atoms with Gasteiger partial charge < -0.3 is 10.3 Å². The van der Waals surface area contributed by atoms with Crippen LogP contribution in [0.2, 0.25) is 0 Å². The van der Waals surface area contributed by atoms with Crippen LogP contribution >= 0.6 is 0 Å². The van der Waals surface area contributed by atoms with Gasteiger partial charge in [0.25, 0.3) is 0 Å². The number of H-pyrrole nitrogens is 1. The van der Waals surface area contributed by atoms with E-state index < -0.39 is 0 Å². The lowest BCUT2D eigenvalue weighted by molar-refractivity contribution is 0.683. The molecule has 0 spiro atoms. The molecule has 4 heteroatoms. The number of benzene rings is 1. The van der Waals surface area contributed by atoms with Crippen LogP contribution in [0.4, 0.5) is 0 Å². The predicted molar refractivity (Wildman–Crippen MR) is 70.9 cm³/mol. The number of aromatic nitrogens is 3. The average Bonchev–Trinajstić information content (AvgIpc) is 2.92. The van der Waals surface area contributed by atoms with Crippen molar-refractivity contribution >= 4 is 10.8 Å². The van der Waals surface area contributed by atoms with Crippen molar-refractivity contribution in [3.8, 4) is 0 Å². The highest BCUT2D eigenvalue weighted by molar-refractivity contribution is 5.81. The Morgan fingerprint density at radius 1 is 1.00 bits per heavy atom. The van der Waals surface area contributed by atoms with Crippen molar-refractivity contribution in [2.24, 2.45) is 0 Å². The average molecular weight is 238 g/mol. The molecule has 0 atom stereocenters. The van der Waals surface area contributed by atoms with E-state index in [4.69, 9.17) is 0 Å². The summed E-state index contributed by atoms with van der Waals surface area (Å²) in [6.07, 6.45) is 7.24. The van der Waals surface area contributed by atoms with Crippen LogP contribution in [-0.2, 0) is 13.1 Å². The van der Waals surface area contributed by atoms with E-state index in [0.29, 0.717) is 0 Å². The number of nitrogens with zero attached hydrogens (tertiary/aromatic N) is 2. The van der Waals surface area contributed by atoms with E-state index in [1.54, 1.807) is 6.33 Å². The summed E-state index contributed by atoms with van der Waals surface area (Å²) < 4.78 is 0. The normalized spacial score (nSPS) is 10.9. The minimum atomic E-state index is 0.800. The maximum Gasteiger partial charge on any atom is 0.0922 e. The third kappa shape index (κ3) is 2.38. The fraction of sp³-hybridized carbons (Fsp3) is 0.143. The number of nitrogens with one attached hydrogen (secondary N) is 2. The summed E-state index contributed by atoms with van der Waals surface area (Å²) in [5.41, 5.74) is 2.37. The smallest absolute Gasteiger partial charge is 0.0922 e. The Morgan fingerprint density at radius 3 is 2.89 bits per heavy atom. The van der Waals surface area contributed by atoms with Crippen LogP contribution in [0.1, 0.15) is 11.3 Å². The predicted octanol–water partition coefficient (Wildman–Crippen LogP) is 2.25. The van der Waals surface area contributed by atoms with Crippen molar-refractivity contribution in [2.75, 3.05) is 0 Å². The van der Waals surface area contributed by atoms with E-state index in [-0.39, 0.29) is 0 Å². The van der Waals surface area contributed by atoms with Gasteiger partial charge in [0, 0.05) is 42.8 Å². The lowest BCUT2D eigenvalue weighted by Gasteiger charge is -2.05. The van der Waals surface area contributed by atoms with Gasteiger partial charge in [0.05, 0.1) is 6.33 Å². The van der Waals surface area contributed by atoms with Gasteiger partial charge >= 0.3 is 0 Å². The van der Waals surface area contributed by atoms with Gasteiger partial charge in [0.1, 0.15) is 0 Å². The lowest BCUT2D eigenvalue weighted by atomic mass is 10.1. The fourth-order valence-electron chi connectivity index (χ4n) is 1.97. The second-order valence-electron chi connectivity index (χ2n) is 4.24. The standard InChI is InChI=1S/C14H14N4/c1-2-13-7-15-4-3-12(13)5-11(1)6-16-8-14-9-17-10-18-14/h1-5,7,9-10,16H,6,8H2,(H,17,18). The number of pyridine rings is 1. The van der Waals surface area contributed by atoms with E-state index in [2.05, 4.69) is 38.5 Å². The van der Waals surface area contributed by atoms with E-state index in [9.17, 15) is 0 Å². The first kappa shape index (κ1) is 10.9. The first-order valence-corrected chi connectivity index (χ1v) is 5.92. The Kier molecular flexibility index (Phi) is 3.02. The summed E-state index contributed by atoms with van der Waals surface area (Å²) in [5.74, 6) is 0. The van der Waals surface area contributed by atoms with E-state index in [1.807, 2.05) is 24.7 Å². The summed E-state index contributed by atoms with van der Waals surface area (Å²) in [6.45, 7) is 1.64. The minimum absolute atomic E-state index is 0.800. The summed E-state index contributed by atoms with van der Waals surface area (Å²) in [5, 5.41) is 5.79. The van der Waals surface area contributed by atoms with Crippen molar-refractivity contribution < 1.29 is 0 Å². The second kappa shape index (κ2) is 4.98. The highest BCUT2D eigenvalue weighted by Crippen LogP contribution is 2.14. The molecular weight excluding hydrogens is 224 g/mol. The van der Waals surface area contributed by atoms with Gasteiger partial charge in [0.2, 0.25) is 0 Å². The molecule has 2 aromatic heterocycles. The highest BCUT2D eigenvalue weighted by atomic mass is 14.9.